The van der Waals surface area contributed by atoms with Gasteiger partial charge in [0.05, 0.1) is 29.5 Å². The standard InChI is InChI=1S/C23H28N6O3/c1-14-16(5-6-17-20(14)27-22(31)23(26-17)32-4)13-28-9-11-29(12-10-28)19-8-7-18(21(30)24-3)25-15(19)2/h5-8H,9-13H2,1-4H3,(H,24,30)(H,27,31)/i3D3. The van der Waals surface area contributed by atoms with Crippen molar-refractivity contribution >= 4 is 22.6 Å². The Bertz CT molecular complexity index is 1320. The van der Waals surface area contributed by atoms with E-state index in [1.807, 2.05) is 37.4 Å². The summed E-state index contributed by atoms with van der Waals surface area (Å²) in [4.78, 5) is 40.3. The topological polar surface area (TPSA) is 103 Å². The van der Waals surface area contributed by atoms with E-state index in [1.54, 1.807) is 6.07 Å². The van der Waals surface area contributed by atoms with Gasteiger partial charge in [-0.3, -0.25) is 14.5 Å². The number of carbonyl (C=O) groups excluding carboxylic acids is 1. The van der Waals surface area contributed by atoms with Crippen LogP contribution in [0.1, 0.15) is 31.4 Å². The Hall–Kier alpha value is -3.46. The second kappa shape index (κ2) is 8.96. The monoisotopic (exact) mass is 439 g/mol. The van der Waals surface area contributed by atoms with Crippen LogP contribution >= 0.6 is 0 Å². The molecule has 1 fully saturated rings. The highest BCUT2D eigenvalue weighted by Crippen LogP contribution is 2.23. The van der Waals surface area contributed by atoms with Gasteiger partial charge < -0.3 is 19.9 Å². The van der Waals surface area contributed by atoms with Crippen LogP contribution in [0.5, 0.6) is 5.88 Å². The predicted molar refractivity (Wildman–Crippen MR) is 124 cm³/mol. The molecule has 168 valence electrons. The van der Waals surface area contributed by atoms with E-state index >= 15 is 0 Å². The van der Waals surface area contributed by atoms with Gasteiger partial charge in [-0.05, 0) is 43.2 Å². The number of pyridine rings is 1. The van der Waals surface area contributed by atoms with Crippen LogP contribution in [-0.2, 0) is 6.54 Å². The van der Waals surface area contributed by atoms with Crippen LogP contribution in [-0.4, -0.2) is 66.0 Å². The molecule has 32 heavy (non-hydrogen) atoms. The smallest absolute Gasteiger partial charge is 0.311 e. The summed E-state index contributed by atoms with van der Waals surface area (Å²) in [6.45, 7) is 5.22. The number of hydrogen-bond donors (Lipinski definition) is 2. The molecule has 1 amide bonds. The Kier molecular flexibility index (Phi) is 5.08. The molecule has 1 aliphatic heterocycles. The first-order chi connectivity index (χ1) is 16.6. The highest BCUT2D eigenvalue weighted by molar-refractivity contribution is 5.92. The highest BCUT2D eigenvalue weighted by atomic mass is 16.5. The number of benzene rings is 1. The zero-order chi connectivity index (χ0) is 25.3. The molecule has 3 aromatic rings. The SMILES string of the molecule is [2H]C([2H])([2H])NC(=O)c1ccc(N2CCN(Cc3ccc4nc(OC)c(=O)[nH]c4c3C)CC2)c(C)n1. The molecule has 2 aromatic heterocycles. The first-order valence-corrected chi connectivity index (χ1v) is 10.4. The van der Waals surface area contributed by atoms with Crippen molar-refractivity contribution in [1.82, 2.24) is 25.2 Å². The number of amides is 1. The van der Waals surface area contributed by atoms with Crippen LogP contribution in [0, 0.1) is 13.8 Å². The molecule has 0 saturated carbocycles. The third-order valence-electron chi connectivity index (χ3n) is 5.91. The fraction of sp³-hybridized carbons (Fsp3) is 0.391. The number of methoxy groups -OCH3 is 1. The number of nitrogens with one attached hydrogen (secondary N) is 2. The second-order valence-electron chi connectivity index (χ2n) is 7.84. The van der Waals surface area contributed by atoms with Gasteiger partial charge >= 0.3 is 5.56 Å². The molecule has 1 aromatic carbocycles. The Morgan fingerprint density at radius 3 is 2.66 bits per heavy atom. The van der Waals surface area contributed by atoms with Crippen molar-refractivity contribution in [1.29, 1.82) is 0 Å². The van der Waals surface area contributed by atoms with E-state index in [9.17, 15) is 9.59 Å². The normalized spacial score (nSPS) is 16.3. The average Bonchev–Trinajstić information content (AvgIpc) is 2.80. The molecular formula is C23H28N6O3. The third kappa shape index (κ3) is 4.16. The number of ether oxygens (including phenoxy) is 1. The van der Waals surface area contributed by atoms with Crippen molar-refractivity contribution in [3.8, 4) is 5.88 Å². The number of aromatic nitrogens is 3. The highest BCUT2D eigenvalue weighted by Gasteiger charge is 2.21. The zero-order valence-electron chi connectivity index (χ0n) is 21.4. The fourth-order valence-corrected chi connectivity index (χ4v) is 4.09. The summed E-state index contributed by atoms with van der Waals surface area (Å²) in [5.41, 5.74) is 4.85. The molecule has 0 radical (unpaired) electrons. The van der Waals surface area contributed by atoms with Crippen LogP contribution in [0.25, 0.3) is 11.0 Å². The number of piperazine rings is 1. The lowest BCUT2D eigenvalue weighted by molar-refractivity contribution is 0.0958. The first-order valence-electron chi connectivity index (χ1n) is 11.9. The number of anilines is 1. The molecule has 0 spiro atoms. The van der Waals surface area contributed by atoms with Gasteiger partial charge in [0.1, 0.15) is 5.69 Å². The van der Waals surface area contributed by atoms with Gasteiger partial charge in [0.15, 0.2) is 0 Å². The van der Waals surface area contributed by atoms with Crippen LogP contribution in [0.3, 0.4) is 0 Å². The van der Waals surface area contributed by atoms with E-state index in [1.165, 1.54) is 7.11 Å². The van der Waals surface area contributed by atoms with E-state index in [-0.39, 0.29) is 17.1 Å². The number of carbonyl (C=O) groups is 1. The zero-order valence-corrected chi connectivity index (χ0v) is 18.4. The van der Waals surface area contributed by atoms with Crippen molar-refractivity contribution in [2.24, 2.45) is 0 Å². The summed E-state index contributed by atoms with van der Waals surface area (Å²) in [7, 11) is 1.42. The molecule has 9 nitrogen and oxygen atoms in total. The van der Waals surface area contributed by atoms with Gasteiger partial charge in [-0.25, -0.2) is 9.97 Å². The summed E-state index contributed by atoms with van der Waals surface area (Å²) in [5.74, 6) is -0.665. The van der Waals surface area contributed by atoms with Crippen LogP contribution in [0.4, 0.5) is 5.69 Å². The minimum absolute atomic E-state index is 0.0523. The van der Waals surface area contributed by atoms with Crippen molar-refractivity contribution in [3.05, 3.63) is 57.1 Å². The number of aryl methyl sites for hydroxylation is 2. The quantitative estimate of drug-likeness (QED) is 0.623. The number of hydrogen-bond acceptors (Lipinski definition) is 7. The molecule has 0 unspecified atom stereocenters. The number of aromatic amines is 1. The van der Waals surface area contributed by atoms with E-state index < -0.39 is 12.9 Å². The lowest BCUT2D eigenvalue weighted by atomic mass is 10.1. The lowest BCUT2D eigenvalue weighted by Crippen LogP contribution is -2.46. The van der Waals surface area contributed by atoms with Crippen molar-refractivity contribution in [2.45, 2.75) is 20.4 Å². The summed E-state index contributed by atoms with van der Waals surface area (Å²) in [6, 6.07) is 7.30. The van der Waals surface area contributed by atoms with Crippen molar-refractivity contribution in [2.75, 3.05) is 45.2 Å². The summed E-state index contributed by atoms with van der Waals surface area (Å²) in [6.07, 6.45) is 0. The number of H-pyrrole nitrogens is 1. The van der Waals surface area contributed by atoms with Crippen LogP contribution in [0.2, 0.25) is 0 Å². The Morgan fingerprint density at radius 1 is 1.19 bits per heavy atom. The molecule has 9 heteroatoms. The van der Waals surface area contributed by atoms with Crippen LogP contribution < -0.4 is 20.5 Å². The van der Waals surface area contributed by atoms with Gasteiger partial charge in [-0.2, -0.15) is 0 Å². The molecule has 0 atom stereocenters. The summed E-state index contributed by atoms with van der Waals surface area (Å²) >= 11 is 0. The van der Waals surface area contributed by atoms with E-state index in [4.69, 9.17) is 8.85 Å². The fourth-order valence-electron chi connectivity index (χ4n) is 4.09. The maximum Gasteiger partial charge on any atom is 0.311 e. The number of rotatable bonds is 5. The van der Waals surface area contributed by atoms with Gasteiger partial charge in [-0.15, -0.1) is 0 Å². The number of nitrogens with zero attached hydrogens (tertiary/aromatic N) is 4. The average molecular weight is 440 g/mol. The first kappa shape index (κ1) is 18.1. The minimum atomic E-state index is -2.55. The van der Waals surface area contributed by atoms with E-state index in [0.717, 1.165) is 55.1 Å². The van der Waals surface area contributed by atoms with Gasteiger partial charge in [0.25, 0.3) is 11.8 Å². The summed E-state index contributed by atoms with van der Waals surface area (Å²) < 4.78 is 26.6. The van der Waals surface area contributed by atoms with Crippen molar-refractivity contribution in [3.63, 3.8) is 0 Å². The molecule has 1 saturated heterocycles. The minimum Gasteiger partial charge on any atom is -0.477 e. The van der Waals surface area contributed by atoms with Crippen LogP contribution in [0.15, 0.2) is 29.1 Å². The van der Waals surface area contributed by atoms with E-state index in [0.29, 0.717) is 11.2 Å². The number of fused-ring (bicyclic) bond motifs is 1. The largest absolute Gasteiger partial charge is 0.477 e. The van der Waals surface area contributed by atoms with E-state index in [2.05, 4.69) is 24.8 Å². The van der Waals surface area contributed by atoms with Gasteiger partial charge in [0, 0.05) is 43.8 Å². The second-order valence-corrected chi connectivity index (χ2v) is 7.84. The Balaban J connectivity index is 1.42. The summed E-state index contributed by atoms with van der Waals surface area (Å²) in [5, 5.41) is 1.96. The molecular weight excluding hydrogens is 408 g/mol. The van der Waals surface area contributed by atoms with Gasteiger partial charge in [0.2, 0.25) is 0 Å². The maximum absolute atomic E-state index is 12.1. The Morgan fingerprint density at radius 2 is 1.97 bits per heavy atom. The molecule has 3 heterocycles. The lowest BCUT2D eigenvalue weighted by Gasteiger charge is -2.36. The predicted octanol–water partition coefficient (Wildman–Crippen LogP) is 1.63. The Labute approximate surface area is 190 Å². The van der Waals surface area contributed by atoms with Crippen molar-refractivity contribution < 1.29 is 13.6 Å². The molecule has 0 bridgehead atoms. The molecule has 1 aliphatic rings. The van der Waals surface area contributed by atoms with Gasteiger partial charge in [-0.1, -0.05) is 6.07 Å². The maximum atomic E-state index is 12.1. The third-order valence-corrected chi connectivity index (χ3v) is 5.91. The molecule has 0 aliphatic carbocycles. The molecule has 4 rings (SSSR count). The molecule has 2 N–H and O–H groups in total.